The molecule has 0 aliphatic carbocycles. The molecule has 0 saturated carbocycles. The van der Waals surface area contributed by atoms with Gasteiger partial charge in [-0.1, -0.05) is 36.0 Å². The molecule has 106 valence electrons. The Balaban J connectivity index is 1.67. The Hall–Kier alpha value is -2.01. The molecule has 1 atom stereocenters. The maximum atomic E-state index is 5.90. The lowest BCUT2D eigenvalue weighted by Gasteiger charge is -2.32. The first-order valence-corrected chi connectivity index (χ1v) is 8.05. The molecule has 3 heterocycles. The summed E-state index contributed by atoms with van der Waals surface area (Å²) in [5.41, 5.74) is 9.54. The Morgan fingerprint density at radius 2 is 2.05 bits per heavy atom. The highest BCUT2D eigenvalue weighted by Gasteiger charge is 2.34. The maximum Gasteiger partial charge on any atom is 0.165 e. The molecule has 1 unspecified atom stereocenters. The Morgan fingerprint density at radius 3 is 2.90 bits per heavy atom. The van der Waals surface area contributed by atoms with Crippen molar-refractivity contribution < 1.29 is 0 Å². The number of rotatable bonds is 1. The average molecular weight is 296 g/mol. The number of hydrogen-bond donors (Lipinski definition) is 1. The molecular weight excluding hydrogens is 280 g/mol. The quantitative estimate of drug-likeness (QED) is 0.879. The number of nitrogen functional groups attached to an aromatic ring is 1. The van der Waals surface area contributed by atoms with Gasteiger partial charge in [-0.05, 0) is 29.7 Å². The zero-order valence-electron chi connectivity index (χ0n) is 11.6. The van der Waals surface area contributed by atoms with E-state index in [0.717, 1.165) is 29.6 Å². The topological polar surface area (TPSA) is 54.5 Å². The van der Waals surface area contributed by atoms with Crippen LogP contribution in [0.15, 0.2) is 47.6 Å². The number of benzene rings is 1. The second-order valence-corrected chi connectivity index (χ2v) is 6.35. The van der Waals surface area contributed by atoms with Gasteiger partial charge in [0.1, 0.15) is 11.5 Å². The summed E-state index contributed by atoms with van der Waals surface area (Å²) >= 11 is 1.81. The Labute approximate surface area is 128 Å². The molecule has 1 aromatic carbocycles. The predicted molar refractivity (Wildman–Crippen MR) is 87.7 cm³/mol. The van der Waals surface area contributed by atoms with Crippen molar-refractivity contribution in [1.29, 1.82) is 0 Å². The van der Waals surface area contributed by atoms with E-state index in [1.54, 1.807) is 6.20 Å². The van der Waals surface area contributed by atoms with Crippen molar-refractivity contribution in [2.24, 2.45) is 4.99 Å². The van der Waals surface area contributed by atoms with E-state index in [1.807, 2.05) is 23.9 Å². The lowest BCUT2D eigenvalue weighted by atomic mass is 9.95. The molecule has 0 bridgehead atoms. The van der Waals surface area contributed by atoms with Crippen LogP contribution in [0.25, 0.3) is 0 Å². The fraction of sp³-hybridized carbons (Fsp3) is 0.250. The molecule has 2 N–H and O–H groups in total. The second-order valence-electron chi connectivity index (χ2n) is 5.37. The minimum Gasteiger partial charge on any atom is -0.382 e. The van der Waals surface area contributed by atoms with Crippen molar-refractivity contribution in [1.82, 2.24) is 9.88 Å². The zero-order chi connectivity index (χ0) is 14.2. The van der Waals surface area contributed by atoms with Crippen molar-refractivity contribution in [2.75, 3.05) is 11.5 Å². The van der Waals surface area contributed by atoms with Gasteiger partial charge in [-0.15, -0.1) is 0 Å². The van der Waals surface area contributed by atoms with Crippen molar-refractivity contribution in [2.45, 2.75) is 19.0 Å². The molecule has 1 fully saturated rings. The number of amidine groups is 1. The van der Waals surface area contributed by atoms with Crippen LogP contribution in [-0.4, -0.2) is 26.8 Å². The molecule has 5 heteroatoms. The van der Waals surface area contributed by atoms with Crippen molar-refractivity contribution in [3.63, 3.8) is 0 Å². The van der Waals surface area contributed by atoms with Gasteiger partial charge in [-0.3, -0.25) is 0 Å². The third-order valence-corrected chi connectivity index (χ3v) is 5.17. The highest BCUT2D eigenvalue weighted by Crippen LogP contribution is 2.35. The summed E-state index contributed by atoms with van der Waals surface area (Å²) < 4.78 is 0. The van der Waals surface area contributed by atoms with E-state index in [-0.39, 0.29) is 0 Å². The SMILES string of the molecule is Nc1ncccc1N=C1SCC2Cc3ccccc3CN12. The molecule has 4 nitrogen and oxygen atoms in total. The Morgan fingerprint density at radius 1 is 1.19 bits per heavy atom. The molecule has 4 rings (SSSR count). The molecule has 0 radical (unpaired) electrons. The summed E-state index contributed by atoms with van der Waals surface area (Å²) in [5.74, 6) is 1.58. The first-order chi connectivity index (χ1) is 10.3. The number of pyridine rings is 1. The van der Waals surface area contributed by atoms with Crippen LogP contribution in [0, 0.1) is 0 Å². The van der Waals surface area contributed by atoms with Crippen molar-refractivity contribution >= 4 is 28.4 Å². The van der Waals surface area contributed by atoms with Crippen LogP contribution in [-0.2, 0) is 13.0 Å². The largest absolute Gasteiger partial charge is 0.382 e. The average Bonchev–Trinajstić information content (AvgIpc) is 2.89. The normalized spacial score (nSPS) is 22.2. The van der Waals surface area contributed by atoms with Crippen LogP contribution in [0.5, 0.6) is 0 Å². The molecule has 0 amide bonds. The molecule has 0 spiro atoms. The summed E-state index contributed by atoms with van der Waals surface area (Å²) in [5, 5.41) is 1.06. The van der Waals surface area contributed by atoms with Crippen LogP contribution in [0.2, 0.25) is 0 Å². The molecule has 1 aromatic heterocycles. The van der Waals surface area contributed by atoms with E-state index in [1.165, 1.54) is 11.1 Å². The van der Waals surface area contributed by atoms with Gasteiger partial charge in [0.15, 0.2) is 5.17 Å². The van der Waals surface area contributed by atoms with E-state index >= 15 is 0 Å². The van der Waals surface area contributed by atoms with Gasteiger partial charge in [-0.25, -0.2) is 9.98 Å². The van der Waals surface area contributed by atoms with E-state index in [0.29, 0.717) is 11.9 Å². The lowest BCUT2D eigenvalue weighted by Crippen LogP contribution is -2.38. The van der Waals surface area contributed by atoms with Gasteiger partial charge in [0.2, 0.25) is 0 Å². The van der Waals surface area contributed by atoms with Crippen molar-refractivity contribution in [3.05, 3.63) is 53.7 Å². The van der Waals surface area contributed by atoms with Crippen LogP contribution in [0.3, 0.4) is 0 Å². The minimum absolute atomic E-state index is 0.492. The van der Waals surface area contributed by atoms with Gasteiger partial charge in [0.05, 0.1) is 0 Å². The van der Waals surface area contributed by atoms with Crippen LogP contribution >= 0.6 is 11.8 Å². The number of hydrogen-bond acceptors (Lipinski definition) is 4. The molecule has 2 aromatic rings. The van der Waals surface area contributed by atoms with Crippen LogP contribution in [0.4, 0.5) is 11.5 Å². The number of aromatic nitrogens is 1. The monoisotopic (exact) mass is 296 g/mol. The molecule has 21 heavy (non-hydrogen) atoms. The van der Waals surface area contributed by atoms with Gasteiger partial charge in [-0.2, -0.15) is 0 Å². The van der Waals surface area contributed by atoms with Gasteiger partial charge in [0, 0.05) is 24.5 Å². The Bertz CT molecular complexity index is 713. The van der Waals surface area contributed by atoms with E-state index in [2.05, 4.69) is 34.1 Å². The molecule has 1 saturated heterocycles. The highest BCUT2D eigenvalue weighted by atomic mass is 32.2. The maximum absolute atomic E-state index is 5.90. The van der Waals surface area contributed by atoms with Crippen molar-refractivity contribution in [3.8, 4) is 0 Å². The third-order valence-electron chi connectivity index (χ3n) is 4.04. The highest BCUT2D eigenvalue weighted by molar-refractivity contribution is 8.14. The first kappa shape index (κ1) is 12.7. The lowest BCUT2D eigenvalue weighted by molar-refractivity contribution is 0.320. The number of thioether (sulfide) groups is 1. The first-order valence-electron chi connectivity index (χ1n) is 7.06. The van der Waals surface area contributed by atoms with E-state index in [4.69, 9.17) is 10.7 Å². The molecule has 2 aliphatic heterocycles. The minimum atomic E-state index is 0.492. The van der Waals surface area contributed by atoms with Crippen LogP contribution < -0.4 is 5.73 Å². The third kappa shape index (κ3) is 2.27. The Kier molecular flexibility index (Phi) is 3.07. The van der Waals surface area contributed by atoms with E-state index < -0.39 is 0 Å². The smallest absolute Gasteiger partial charge is 0.165 e. The molecular formula is C16H16N4S. The standard InChI is InChI=1S/C16H16N4S/c17-15-14(6-3-7-18-15)19-16-20-9-12-5-2-1-4-11(12)8-13(20)10-21-16/h1-7,13H,8-10H2,(H2,17,18). The fourth-order valence-electron chi connectivity index (χ4n) is 2.92. The van der Waals surface area contributed by atoms with Gasteiger partial charge in [0.25, 0.3) is 0 Å². The predicted octanol–water partition coefficient (Wildman–Crippen LogP) is 2.83. The fourth-order valence-corrected chi connectivity index (χ4v) is 4.10. The summed E-state index contributed by atoms with van der Waals surface area (Å²) in [6, 6.07) is 13.0. The van der Waals surface area contributed by atoms with Gasteiger partial charge < -0.3 is 10.6 Å². The summed E-state index contributed by atoms with van der Waals surface area (Å²) in [6.07, 6.45) is 2.80. The van der Waals surface area contributed by atoms with Crippen LogP contribution in [0.1, 0.15) is 11.1 Å². The second kappa shape index (κ2) is 5.07. The number of anilines is 1. The van der Waals surface area contributed by atoms with Gasteiger partial charge >= 0.3 is 0 Å². The summed E-state index contributed by atoms with van der Waals surface area (Å²) in [7, 11) is 0. The molecule has 2 aliphatic rings. The summed E-state index contributed by atoms with van der Waals surface area (Å²) in [6.45, 7) is 0.937. The number of aliphatic imine (C=N–C) groups is 1. The number of fused-ring (bicyclic) bond motifs is 2. The number of nitrogens with zero attached hydrogens (tertiary/aromatic N) is 3. The summed E-state index contributed by atoms with van der Waals surface area (Å²) in [4.78, 5) is 11.2. The number of nitrogens with two attached hydrogens (primary N) is 1. The van der Waals surface area contributed by atoms with E-state index in [9.17, 15) is 0 Å². The zero-order valence-corrected chi connectivity index (χ0v) is 12.4.